The zero-order valence-electron chi connectivity index (χ0n) is 11.7. The van der Waals surface area contributed by atoms with Crippen LogP contribution in [0.4, 0.5) is 5.69 Å². The Morgan fingerprint density at radius 2 is 2.43 bits per heavy atom. The fourth-order valence-electron chi connectivity index (χ4n) is 2.73. The summed E-state index contributed by atoms with van der Waals surface area (Å²) in [6, 6.07) is 0. The Kier molecular flexibility index (Phi) is 3.92. The van der Waals surface area contributed by atoms with E-state index in [9.17, 15) is 4.79 Å². The number of anilines is 1. The number of nitrogens with one attached hydrogen (secondary N) is 1. The molecule has 1 saturated heterocycles. The molecular formula is C13H16ClN5O2. The summed E-state index contributed by atoms with van der Waals surface area (Å²) in [6.45, 7) is 3.45. The van der Waals surface area contributed by atoms with E-state index in [4.69, 9.17) is 16.1 Å². The van der Waals surface area contributed by atoms with Gasteiger partial charge in [-0.1, -0.05) is 16.8 Å². The Labute approximate surface area is 126 Å². The summed E-state index contributed by atoms with van der Waals surface area (Å²) in [7, 11) is 0. The summed E-state index contributed by atoms with van der Waals surface area (Å²) in [5, 5.41) is 10.3. The van der Waals surface area contributed by atoms with Gasteiger partial charge in [0.2, 0.25) is 5.89 Å². The number of aryl methyl sites for hydroxylation is 1. The number of halogens is 1. The molecule has 1 aliphatic heterocycles. The van der Waals surface area contributed by atoms with Gasteiger partial charge in [0.1, 0.15) is 5.02 Å². The van der Waals surface area contributed by atoms with Crippen molar-refractivity contribution in [2.24, 2.45) is 5.92 Å². The van der Waals surface area contributed by atoms with E-state index >= 15 is 0 Å². The van der Waals surface area contributed by atoms with Gasteiger partial charge >= 0.3 is 0 Å². The Balaban J connectivity index is 1.73. The van der Waals surface area contributed by atoms with Crippen molar-refractivity contribution in [3.05, 3.63) is 33.3 Å². The summed E-state index contributed by atoms with van der Waals surface area (Å²) in [5.74, 6) is 1.72. The molecule has 21 heavy (non-hydrogen) atoms. The first-order chi connectivity index (χ1) is 10.1. The quantitative estimate of drug-likeness (QED) is 0.926. The zero-order chi connectivity index (χ0) is 14.8. The van der Waals surface area contributed by atoms with E-state index in [-0.39, 0.29) is 10.6 Å². The smallest absolute Gasteiger partial charge is 0.285 e. The molecule has 3 heterocycles. The van der Waals surface area contributed by atoms with Crippen LogP contribution in [0.25, 0.3) is 0 Å². The molecule has 1 N–H and O–H groups in total. The predicted octanol–water partition coefficient (Wildman–Crippen LogP) is 1.57. The van der Waals surface area contributed by atoms with E-state index in [1.54, 1.807) is 13.1 Å². The van der Waals surface area contributed by atoms with E-state index in [2.05, 4.69) is 25.2 Å². The molecule has 0 spiro atoms. The summed E-state index contributed by atoms with van der Waals surface area (Å²) in [6.07, 6.45) is 4.50. The van der Waals surface area contributed by atoms with Crippen LogP contribution < -0.4 is 10.5 Å². The lowest BCUT2D eigenvalue weighted by Gasteiger charge is -2.33. The summed E-state index contributed by atoms with van der Waals surface area (Å²) in [4.78, 5) is 17.9. The lowest BCUT2D eigenvalue weighted by molar-refractivity contribution is 0.370. The van der Waals surface area contributed by atoms with Gasteiger partial charge in [-0.3, -0.25) is 4.79 Å². The van der Waals surface area contributed by atoms with Gasteiger partial charge in [0.05, 0.1) is 11.9 Å². The van der Waals surface area contributed by atoms with E-state index in [1.807, 2.05) is 0 Å². The summed E-state index contributed by atoms with van der Waals surface area (Å²) >= 11 is 6.07. The standard InChI is InChI=1S/C13H16ClN5O2/c1-8-16-11(18-21-8)5-9-3-2-4-19(7-9)10-6-15-17-13(20)12(10)14/h6,9H,2-5,7H2,1H3,(H,17,20). The van der Waals surface area contributed by atoms with Crippen LogP contribution in [0, 0.1) is 12.8 Å². The van der Waals surface area contributed by atoms with E-state index in [0.717, 1.165) is 38.2 Å². The highest BCUT2D eigenvalue weighted by Gasteiger charge is 2.24. The minimum Gasteiger partial charge on any atom is -0.369 e. The highest BCUT2D eigenvalue weighted by atomic mass is 35.5. The minimum absolute atomic E-state index is 0.195. The van der Waals surface area contributed by atoms with Crippen molar-refractivity contribution in [1.82, 2.24) is 20.3 Å². The Hall–Kier alpha value is -1.89. The maximum Gasteiger partial charge on any atom is 0.285 e. The van der Waals surface area contributed by atoms with Crippen molar-refractivity contribution in [2.75, 3.05) is 18.0 Å². The van der Waals surface area contributed by atoms with Crippen molar-refractivity contribution < 1.29 is 4.52 Å². The molecule has 2 aromatic heterocycles. The van der Waals surface area contributed by atoms with Crippen LogP contribution in [0.15, 0.2) is 15.5 Å². The number of rotatable bonds is 3. The van der Waals surface area contributed by atoms with Crippen LogP contribution in [-0.2, 0) is 6.42 Å². The molecule has 0 amide bonds. The zero-order valence-corrected chi connectivity index (χ0v) is 12.4. The van der Waals surface area contributed by atoms with Crippen molar-refractivity contribution >= 4 is 17.3 Å². The average molecular weight is 310 g/mol. The van der Waals surface area contributed by atoms with Crippen LogP contribution in [-0.4, -0.2) is 33.4 Å². The van der Waals surface area contributed by atoms with Gasteiger partial charge in [0.25, 0.3) is 5.56 Å². The number of aromatic nitrogens is 4. The average Bonchev–Trinajstić information content (AvgIpc) is 2.87. The molecule has 3 rings (SSSR count). The van der Waals surface area contributed by atoms with Crippen molar-refractivity contribution in [2.45, 2.75) is 26.2 Å². The first-order valence-electron chi connectivity index (χ1n) is 6.91. The molecule has 0 bridgehead atoms. The van der Waals surface area contributed by atoms with E-state index in [0.29, 0.717) is 17.5 Å². The van der Waals surface area contributed by atoms with Crippen LogP contribution in [0.3, 0.4) is 0 Å². The molecule has 7 nitrogen and oxygen atoms in total. The van der Waals surface area contributed by atoms with Crippen molar-refractivity contribution in [1.29, 1.82) is 0 Å². The third-order valence-electron chi connectivity index (χ3n) is 3.68. The van der Waals surface area contributed by atoms with Crippen LogP contribution in [0.1, 0.15) is 24.6 Å². The molecule has 112 valence electrons. The van der Waals surface area contributed by atoms with E-state index in [1.165, 1.54) is 0 Å². The Bertz CT molecular complexity index is 683. The number of H-pyrrole nitrogens is 1. The highest BCUT2D eigenvalue weighted by molar-refractivity contribution is 6.32. The van der Waals surface area contributed by atoms with Crippen molar-refractivity contribution in [3.8, 4) is 0 Å². The molecule has 1 fully saturated rings. The Morgan fingerprint density at radius 1 is 1.57 bits per heavy atom. The fraction of sp³-hybridized carbons (Fsp3) is 0.538. The molecule has 1 atom stereocenters. The molecule has 2 aromatic rings. The third kappa shape index (κ3) is 3.07. The van der Waals surface area contributed by atoms with Crippen LogP contribution >= 0.6 is 11.6 Å². The number of nitrogens with zero attached hydrogens (tertiary/aromatic N) is 4. The maximum atomic E-state index is 11.5. The second-order valence-electron chi connectivity index (χ2n) is 5.29. The molecule has 8 heteroatoms. The fourth-order valence-corrected chi connectivity index (χ4v) is 2.94. The highest BCUT2D eigenvalue weighted by Crippen LogP contribution is 2.27. The second kappa shape index (κ2) is 5.85. The Morgan fingerprint density at radius 3 is 3.19 bits per heavy atom. The predicted molar refractivity (Wildman–Crippen MR) is 77.5 cm³/mol. The van der Waals surface area contributed by atoms with Gasteiger partial charge in [-0.2, -0.15) is 10.1 Å². The normalized spacial score (nSPS) is 19.0. The SMILES string of the molecule is Cc1nc(CC2CCCN(c3cn[nH]c(=O)c3Cl)C2)no1. The molecule has 0 saturated carbocycles. The number of aromatic amines is 1. The van der Waals surface area contributed by atoms with Gasteiger partial charge < -0.3 is 9.42 Å². The van der Waals surface area contributed by atoms with Gasteiger partial charge in [-0.15, -0.1) is 0 Å². The van der Waals surface area contributed by atoms with Gasteiger partial charge in [-0.05, 0) is 18.8 Å². The summed E-state index contributed by atoms with van der Waals surface area (Å²) in [5.41, 5.74) is 0.333. The van der Waals surface area contributed by atoms with Gasteiger partial charge in [0, 0.05) is 26.4 Å². The topological polar surface area (TPSA) is 87.9 Å². The van der Waals surface area contributed by atoms with Crippen LogP contribution in [0.5, 0.6) is 0 Å². The third-order valence-corrected chi connectivity index (χ3v) is 4.04. The second-order valence-corrected chi connectivity index (χ2v) is 5.66. The maximum absolute atomic E-state index is 11.5. The molecule has 0 aromatic carbocycles. The number of piperidine rings is 1. The number of hydrogen-bond donors (Lipinski definition) is 1. The monoisotopic (exact) mass is 309 g/mol. The molecular weight excluding hydrogens is 294 g/mol. The lowest BCUT2D eigenvalue weighted by atomic mass is 9.94. The molecule has 1 unspecified atom stereocenters. The van der Waals surface area contributed by atoms with Crippen molar-refractivity contribution in [3.63, 3.8) is 0 Å². The van der Waals surface area contributed by atoms with Gasteiger partial charge in [-0.25, -0.2) is 5.10 Å². The van der Waals surface area contributed by atoms with Gasteiger partial charge in [0.15, 0.2) is 5.82 Å². The number of hydrogen-bond acceptors (Lipinski definition) is 6. The molecule has 0 aliphatic carbocycles. The summed E-state index contributed by atoms with van der Waals surface area (Å²) < 4.78 is 5.00. The molecule has 1 aliphatic rings. The first kappa shape index (κ1) is 14.1. The minimum atomic E-state index is -0.356. The first-order valence-corrected chi connectivity index (χ1v) is 7.28. The van der Waals surface area contributed by atoms with E-state index < -0.39 is 0 Å². The lowest BCUT2D eigenvalue weighted by Crippen LogP contribution is -2.37. The molecule has 0 radical (unpaired) electrons. The largest absolute Gasteiger partial charge is 0.369 e. The van der Waals surface area contributed by atoms with Crippen LogP contribution in [0.2, 0.25) is 5.02 Å².